The lowest BCUT2D eigenvalue weighted by atomic mass is 10.2. The Morgan fingerprint density at radius 3 is 3.00 bits per heavy atom. The van der Waals surface area contributed by atoms with Crippen LogP contribution in [-0.2, 0) is 4.74 Å². The molecule has 0 radical (unpaired) electrons. The van der Waals surface area contributed by atoms with Gasteiger partial charge in [-0.05, 0) is 12.5 Å². The number of anilines is 2. The van der Waals surface area contributed by atoms with Gasteiger partial charge in [-0.2, -0.15) is 0 Å². The Bertz CT molecular complexity index is 634. The van der Waals surface area contributed by atoms with Crippen molar-refractivity contribution in [3.8, 4) is 11.4 Å². The van der Waals surface area contributed by atoms with E-state index < -0.39 is 0 Å². The molecule has 0 aromatic carbocycles. The SMILES string of the molecule is Nc1ncc(N2CC3CC2CO3)c(-c2ccncn2)n1. The summed E-state index contributed by atoms with van der Waals surface area (Å²) in [6, 6.07) is 2.23. The number of nitrogen functional groups attached to an aromatic ring is 1. The number of ether oxygens (including phenoxy) is 1. The van der Waals surface area contributed by atoms with Crippen LogP contribution in [0.4, 0.5) is 11.6 Å². The minimum Gasteiger partial charge on any atom is -0.374 e. The van der Waals surface area contributed by atoms with E-state index in [2.05, 4.69) is 24.8 Å². The van der Waals surface area contributed by atoms with E-state index in [9.17, 15) is 0 Å². The van der Waals surface area contributed by atoms with Gasteiger partial charge in [0, 0.05) is 12.7 Å². The second kappa shape index (κ2) is 4.38. The zero-order valence-electron chi connectivity index (χ0n) is 10.8. The monoisotopic (exact) mass is 270 g/mol. The summed E-state index contributed by atoms with van der Waals surface area (Å²) in [7, 11) is 0. The highest BCUT2D eigenvalue weighted by Crippen LogP contribution is 2.36. The third-order valence-electron chi connectivity index (χ3n) is 3.82. The van der Waals surface area contributed by atoms with Gasteiger partial charge in [-0.1, -0.05) is 0 Å². The van der Waals surface area contributed by atoms with Crippen molar-refractivity contribution in [3.63, 3.8) is 0 Å². The van der Waals surface area contributed by atoms with E-state index in [-0.39, 0.29) is 5.95 Å². The first kappa shape index (κ1) is 11.5. The molecule has 0 spiro atoms. The van der Waals surface area contributed by atoms with Crippen LogP contribution in [-0.4, -0.2) is 45.2 Å². The molecule has 7 heteroatoms. The van der Waals surface area contributed by atoms with Gasteiger partial charge < -0.3 is 15.4 Å². The van der Waals surface area contributed by atoms with Gasteiger partial charge in [-0.25, -0.2) is 19.9 Å². The van der Waals surface area contributed by atoms with Crippen LogP contribution in [0.25, 0.3) is 11.4 Å². The van der Waals surface area contributed by atoms with Gasteiger partial charge in [0.05, 0.1) is 36.3 Å². The van der Waals surface area contributed by atoms with Crippen molar-refractivity contribution in [1.29, 1.82) is 0 Å². The fourth-order valence-electron chi connectivity index (χ4n) is 2.91. The number of morpholine rings is 1. The van der Waals surface area contributed by atoms with Gasteiger partial charge in [0.15, 0.2) is 0 Å². The average Bonchev–Trinajstić information content (AvgIpc) is 3.11. The summed E-state index contributed by atoms with van der Waals surface area (Å²) < 4.78 is 5.64. The van der Waals surface area contributed by atoms with E-state index in [1.807, 2.05) is 6.07 Å². The predicted molar refractivity (Wildman–Crippen MR) is 73.0 cm³/mol. The van der Waals surface area contributed by atoms with Crippen LogP contribution in [0.3, 0.4) is 0 Å². The first-order valence-electron chi connectivity index (χ1n) is 6.58. The highest BCUT2D eigenvalue weighted by molar-refractivity contribution is 5.73. The Morgan fingerprint density at radius 2 is 2.30 bits per heavy atom. The maximum Gasteiger partial charge on any atom is 0.220 e. The molecular formula is C13H14N6O. The lowest BCUT2D eigenvalue weighted by Gasteiger charge is -2.29. The van der Waals surface area contributed by atoms with Crippen LogP contribution in [0.1, 0.15) is 6.42 Å². The van der Waals surface area contributed by atoms with Crippen molar-refractivity contribution >= 4 is 11.6 Å². The quantitative estimate of drug-likeness (QED) is 0.849. The highest BCUT2D eigenvalue weighted by atomic mass is 16.5. The van der Waals surface area contributed by atoms with Crippen LogP contribution in [0.5, 0.6) is 0 Å². The number of hydrogen-bond donors (Lipinski definition) is 1. The van der Waals surface area contributed by atoms with Crippen molar-refractivity contribution in [2.45, 2.75) is 18.6 Å². The third-order valence-corrected chi connectivity index (χ3v) is 3.82. The van der Waals surface area contributed by atoms with E-state index in [0.29, 0.717) is 12.1 Å². The number of nitrogens with two attached hydrogens (primary N) is 1. The number of fused-ring (bicyclic) bond motifs is 2. The Balaban J connectivity index is 1.80. The molecule has 2 atom stereocenters. The Kier molecular flexibility index (Phi) is 2.53. The molecule has 4 heterocycles. The van der Waals surface area contributed by atoms with Crippen LogP contribution in [0, 0.1) is 0 Å². The predicted octanol–water partition coefficient (Wildman–Crippen LogP) is 0.493. The molecule has 2 aromatic heterocycles. The first-order chi connectivity index (χ1) is 9.81. The summed E-state index contributed by atoms with van der Waals surface area (Å²) in [5.74, 6) is 0.253. The van der Waals surface area contributed by atoms with E-state index >= 15 is 0 Å². The van der Waals surface area contributed by atoms with E-state index in [1.165, 1.54) is 6.33 Å². The number of nitrogens with zero attached hydrogens (tertiary/aromatic N) is 5. The summed E-state index contributed by atoms with van der Waals surface area (Å²) in [5.41, 5.74) is 8.21. The smallest absolute Gasteiger partial charge is 0.220 e. The van der Waals surface area contributed by atoms with E-state index in [4.69, 9.17) is 10.5 Å². The fourth-order valence-corrected chi connectivity index (χ4v) is 2.91. The second-order valence-corrected chi connectivity index (χ2v) is 5.05. The number of rotatable bonds is 2. The minimum absolute atomic E-state index is 0.253. The van der Waals surface area contributed by atoms with Crippen LogP contribution >= 0.6 is 0 Å². The van der Waals surface area contributed by atoms with Gasteiger partial charge in [0.25, 0.3) is 0 Å². The molecule has 7 nitrogen and oxygen atoms in total. The third kappa shape index (κ3) is 1.78. The standard InChI is InChI=1S/C13H14N6O/c14-13-16-4-11(19-5-9-3-8(19)6-20-9)12(18-13)10-1-2-15-7-17-10/h1-2,4,7-9H,3,5-6H2,(H2,14,16,18). The lowest BCUT2D eigenvalue weighted by molar-refractivity contribution is 0.0991. The molecule has 0 aliphatic carbocycles. The Hall–Kier alpha value is -2.28. The van der Waals surface area contributed by atoms with Crippen molar-refractivity contribution in [2.75, 3.05) is 23.8 Å². The average molecular weight is 270 g/mol. The van der Waals surface area contributed by atoms with Crippen LogP contribution < -0.4 is 10.6 Å². The summed E-state index contributed by atoms with van der Waals surface area (Å²) in [6.45, 7) is 1.63. The molecule has 0 saturated carbocycles. The molecule has 20 heavy (non-hydrogen) atoms. The molecule has 102 valence electrons. The molecule has 2 aliphatic rings. The van der Waals surface area contributed by atoms with Gasteiger partial charge >= 0.3 is 0 Å². The van der Waals surface area contributed by atoms with E-state index in [0.717, 1.165) is 36.6 Å². The van der Waals surface area contributed by atoms with Crippen molar-refractivity contribution in [3.05, 3.63) is 24.8 Å². The molecule has 2 unspecified atom stereocenters. The maximum absolute atomic E-state index is 5.73. The largest absolute Gasteiger partial charge is 0.374 e. The van der Waals surface area contributed by atoms with Crippen molar-refractivity contribution < 1.29 is 4.74 Å². The van der Waals surface area contributed by atoms with Gasteiger partial charge in [-0.3, -0.25) is 0 Å². The molecule has 4 rings (SSSR count). The molecule has 0 amide bonds. The van der Waals surface area contributed by atoms with Crippen LogP contribution in [0.2, 0.25) is 0 Å². The van der Waals surface area contributed by atoms with Gasteiger partial charge in [-0.15, -0.1) is 0 Å². The summed E-state index contributed by atoms with van der Waals surface area (Å²) in [6.07, 6.45) is 6.37. The molecule has 2 aromatic rings. The van der Waals surface area contributed by atoms with Gasteiger partial charge in [0.2, 0.25) is 5.95 Å². The molecule has 2 fully saturated rings. The summed E-state index contributed by atoms with van der Waals surface area (Å²) >= 11 is 0. The number of hydrogen-bond acceptors (Lipinski definition) is 7. The molecular weight excluding hydrogens is 256 g/mol. The van der Waals surface area contributed by atoms with Gasteiger partial charge in [0.1, 0.15) is 12.0 Å². The Morgan fingerprint density at radius 1 is 1.35 bits per heavy atom. The summed E-state index contributed by atoms with van der Waals surface area (Å²) in [4.78, 5) is 19.0. The molecule has 2 bridgehead atoms. The Labute approximate surface area is 115 Å². The summed E-state index contributed by atoms with van der Waals surface area (Å²) in [5, 5.41) is 0. The molecule has 2 saturated heterocycles. The normalized spacial score (nSPS) is 24.3. The molecule has 2 aliphatic heterocycles. The lowest BCUT2D eigenvalue weighted by Crippen LogP contribution is -2.37. The minimum atomic E-state index is 0.253. The fraction of sp³-hybridized carbons (Fsp3) is 0.385. The zero-order chi connectivity index (χ0) is 13.5. The second-order valence-electron chi connectivity index (χ2n) is 5.05. The topological polar surface area (TPSA) is 90.0 Å². The first-order valence-corrected chi connectivity index (χ1v) is 6.58. The highest BCUT2D eigenvalue weighted by Gasteiger charge is 2.40. The number of aromatic nitrogens is 4. The molecule has 2 N–H and O–H groups in total. The van der Waals surface area contributed by atoms with Crippen LogP contribution in [0.15, 0.2) is 24.8 Å². The van der Waals surface area contributed by atoms with Crippen molar-refractivity contribution in [1.82, 2.24) is 19.9 Å². The zero-order valence-corrected chi connectivity index (χ0v) is 10.8. The van der Waals surface area contributed by atoms with E-state index in [1.54, 1.807) is 12.4 Å². The van der Waals surface area contributed by atoms with Crippen molar-refractivity contribution in [2.24, 2.45) is 0 Å². The maximum atomic E-state index is 5.73.